The lowest BCUT2D eigenvalue weighted by Crippen LogP contribution is -2.66. The Balaban J connectivity index is 1.22. The van der Waals surface area contributed by atoms with Gasteiger partial charge in [0.2, 0.25) is 5.78 Å². The second-order valence-corrected chi connectivity index (χ2v) is 20.0. The standard InChI is InChI=1S/C48H62O5Si/c1-39(36-53-54(48(3,4)5,45-26-14-8-15-27-45)46-28-16-9-17-29-46)31-33-43(49)24-18-25-44(50)34-32-40(2)47(52-38-42-22-12-7-13-23-42)30-19-35-51-37-41-20-10-6-11-21-41/h6-17,20-23,26-29,39-40,43,47,49H,18-19,24-25,30-31,33,35-38H2,1-5H3/t39-,40-,43-,47+/m0/s1. The molecule has 4 rings (SSSR count). The Hall–Kier alpha value is -3.83. The van der Waals surface area contributed by atoms with Gasteiger partial charge in [0.15, 0.2) is 0 Å². The Morgan fingerprint density at radius 2 is 1.24 bits per heavy atom. The molecule has 0 radical (unpaired) electrons. The van der Waals surface area contributed by atoms with Crippen molar-refractivity contribution >= 4 is 24.5 Å². The number of hydrogen-bond donors (Lipinski definition) is 1. The molecule has 1 N–H and O–H groups in total. The molecule has 54 heavy (non-hydrogen) atoms. The smallest absolute Gasteiger partial charge is 0.261 e. The van der Waals surface area contributed by atoms with E-state index in [1.54, 1.807) is 0 Å². The quantitative estimate of drug-likeness (QED) is 0.0376. The maximum absolute atomic E-state index is 12.8. The number of rotatable bonds is 22. The second-order valence-electron chi connectivity index (χ2n) is 15.7. The molecule has 0 unspecified atom stereocenters. The highest BCUT2D eigenvalue weighted by atomic mass is 28.4. The molecule has 0 fully saturated rings. The summed E-state index contributed by atoms with van der Waals surface area (Å²) in [5.74, 6) is 6.15. The second kappa shape index (κ2) is 22.5. The highest BCUT2D eigenvalue weighted by Crippen LogP contribution is 2.37. The monoisotopic (exact) mass is 746 g/mol. The molecule has 0 heterocycles. The molecule has 4 aromatic carbocycles. The number of hydrogen-bond acceptors (Lipinski definition) is 5. The summed E-state index contributed by atoms with van der Waals surface area (Å²) in [5.41, 5.74) is 2.27. The summed E-state index contributed by atoms with van der Waals surface area (Å²) in [6, 6.07) is 41.7. The SMILES string of the molecule is C[C@@H](CC[C@@H](O)CCCC(=O)C#C[C@H](C)[C@@H](CCCOCc1ccccc1)OCc1ccccc1)CO[Si](c1ccccc1)(c1ccccc1)C(C)(C)C. The fraction of sp³-hybridized carbons (Fsp3) is 0.438. The van der Waals surface area contributed by atoms with Crippen LogP contribution in [0.15, 0.2) is 121 Å². The lowest BCUT2D eigenvalue weighted by molar-refractivity contribution is -0.114. The van der Waals surface area contributed by atoms with E-state index in [9.17, 15) is 9.90 Å². The first-order valence-electron chi connectivity index (χ1n) is 19.8. The zero-order chi connectivity index (χ0) is 38.7. The van der Waals surface area contributed by atoms with Crippen molar-refractivity contribution < 1.29 is 23.8 Å². The van der Waals surface area contributed by atoms with Crippen LogP contribution in [-0.4, -0.2) is 44.6 Å². The highest BCUT2D eigenvalue weighted by molar-refractivity contribution is 6.99. The number of Topliss-reactive ketones (excluding diaryl/α,β-unsaturated/α-hetero) is 1. The topological polar surface area (TPSA) is 65.0 Å². The first-order chi connectivity index (χ1) is 26.1. The van der Waals surface area contributed by atoms with Gasteiger partial charge in [-0.25, -0.2) is 0 Å². The summed E-state index contributed by atoms with van der Waals surface area (Å²) >= 11 is 0. The van der Waals surface area contributed by atoms with E-state index in [4.69, 9.17) is 13.9 Å². The minimum atomic E-state index is -2.59. The van der Waals surface area contributed by atoms with Gasteiger partial charge >= 0.3 is 0 Å². The van der Waals surface area contributed by atoms with Crippen molar-refractivity contribution in [3.63, 3.8) is 0 Å². The van der Waals surface area contributed by atoms with Crippen LogP contribution in [0, 0.1) is 23.7 Å². The van der Waals surface area contributed by atoms with E-state index < -0.39 is 14.4 Å². The van der Waals surface area contributed by atoms with Gasteiger partial charge in [0.1, 0.15) is 0 Å². The van der Waals surface area contributed by atoms with E-state index in [1.807, 2.05) is 43.3 Å². The van der Waals surface area contributed by atoms with Gasteiger partial charge < -0.3 is 19.0 Å². The molecule has 0 aliphatic carbocycles. The molecular formula is C48H62O5Si. The number of carbonyl (C=O) groups is 1. The number of benzene rings is 4. The van der Waals surface area contributed by atoms with Crippen LogP contribution < -0.4 is 10.4 Å². The molecule has 0 spiro atoms. The normalized spacial score (nSPS) is 14.0. The van der Waals surface area contributed by atoms with Crippen LogP contribution >= 0.6 is 0 Å². The van der Waals surface area contributed by atoms with Crippen LogP contribution in [0.1, 0.15) is 90.7 Å². The van der Waals surface area contributed by atoms with E-state index >= 15 is 0 Å². The fourth-order valence-electron chi connectivity index (χ4n) is 6.99. The van der Waals surface area contributed by atoms with Crippen molar-refractivity contribution in [1.82, 2.24) is 0 Å². The van der Waals surface area contributed by atoms with E-state index in [2.05, 4.69) is 124 Å². The molecule has 0 bridgehead atoms. The molecule has 6 heteroatoms. The summed E-state index contributed by atoms with van der Waals surface area (Å²) in [5, 5.41) is 13.3. The van der Waals surface area contributed by atoms with Gasteiger partial charge in [-0.1, -0.05) is 155 Å². The largest absolute Gasteiger partial charge is 0.407 e. The van der Waals surface area contributed by atoms with Crippen LogP contribution in [0.25, 0.3) is 0 Å². The van der Waals surface area contributed by atoms with Crippen LogP contribution in [0.3, 0.4) is 0 Å². The molecule has 4 atom stereocenters. The fourth-order valence-corrected chi connectivity index (χ4v) is 11.7. The van der Waals surface area contributed by atoms with E-state index in [0.717, 1.165) is 30.4 Å². The molecule has 0 amide bonds. The van der Waals surface area contributed by atoms with Crippen LogP contribution in [0.5, 0.6) is 0 Å². The van der Waals surface area contributed by atoms with E-state index in [0.29, 0.717) is 52.1 Å². The Morgan fingerprint density at radius 1 is 0.704 bits per heavy atom. The van der Waals surface area contributed by atoms with Crippen molar-refractivity contribution in [2.75, 3.05) is 13.2 Å². The van der Waals surface area contributed by atoms with Crippen LogP contribution in [-0.2, 0) is 31.9 Å². The van der Waals surface area contributed by atoms with E-state index in [1.165, 1.54) is 10.4 Å². The van der Waals surface area contributed by atoms with Gasteiger partial charge in [-0.05, 0) is 83.8 Å². The molecule has 288 valence electrons. The summed E-state index contributed by atoms with van der Waals surface area (Å²) in [7, 11) is -2.59. The predicted molar refractivity (Wildman–Crippen MR) is 224 cm³/mol. The molecule has 0 saturated heterocycles. The summed E-state index contributed by atoms with van der Waals surface area (Å²) in [4.78, 5) is 12.8. The third-order valence-electron chi connectivity index (χ3n) is 10.1. The van der Waals surface area contributed by atoms with E-state index in [-0.39, 0.29) is 28.8 Å². The first-order valence-corrected chi connectivity index (χ1v) is 21.7. The molecule has 0 saturated carbocycles. The van der Waals surface area contributed by atoms with Crippen LogP contribution in [0.2, 0.25) is 5.04 Å². The molecule has 0 aromatic heterocycles. The average molecular weight is 747 g/mol. The summed E-state index contributed by atoms with van der Waals surface area (Å²) < 4.78 is 19.3. The number of aliphatic hydroxyl groups excluding tert-OH is 1. The third kappa shape index (κ3) is 13.8. The number of carbonyl (C=O) groups excluding carboxylic acids is 1. The maximum Gasteiger partial charge on any atom is 0.261 e. The maximum atomic E-state index is 12.8. The zero-order valence-electron chi connectivity index (χ0n) is 33.2. The zero-order valence-corrected chi connectivity index (χ0v) is 34.2. The Labute approximate surface area is 326 Å². The molecular weight excluding hydrogens is 685 g/mol. The van der Waals surface area contributed by atoms with Gasteiger partial charge in [-0.2, -0.15) is 0 Å². The van der Waals surface area contributed by atoms with Crippen molar-refractivity contribution in [3.05, 3.63) is 132 Å². The number of ketones is 1. The van der Waals surface area contributed by atoms with Gasteiger partial charge in [0.25, 0.3) is 8.32 Å². The Morgan fingerprint density at radius 3 is 1.80 bits per heavy atom. The molecule has 5 nitrogen and oxygen atoms in total. The van der Waals surface area contributed by atoms with Crippen molar-refractivity contribution in [2.24, 2.45) is 11.8 Å². The third-order valence-corrected chi connectivity index (χ3v) is 15.1. The number of aliphatic hydroxyl groups is 1. The molecule has 0 aliphatic rings. The van der Waals surface area contributed by atoms with Gasteiger partial charge in [0.05, 0.1) is 25.4 Å². The molecule has 4 aromatic rings. The lowest BCUT2D eigenvalue weighted by Gasteiger charge is -2.43. The number of ether oxygens (including phenoxy) is 2. The van der Waals surface area contributed by atoms with Crippen molar-refractivity contribution in [2.45, 2.75) is 110 Å². The summed E-state index contributed by atoms with van der Waals surface area (Å²) in [6.45, 7) is 13.5. The predicted octanol–water partition coefficient (Wildman–Crippen LogP) is 9.30. The molecule has 0 aliphatic heterocycles. The summed E-state index contributed by atoms with van der Waals surface area (Å²) in [6.07, 6.45) is 4.12. The van der Waals surface area contributed by atoms with Crippen molar-refractivity contribution in [1.29, 1.82) is 0 Å². The minimum absolute atomic E-state index is 0.0736. The average Bonchev–Trinajstić information content (AvgIpc) is 3.18. The lowest BCUT2D eigenvalue weighted by atomic mass is 9.99. The Bertz CT molecular complexity index is 1640. The van der Waals surface area contributed by atoms with Crippen LogP contribution in [0.4, 0.5) is 0 Å². The Kier molecular flexibility index (Phi) is 17.9. The van der Waals surface area contributed by atoms with Gasteiger partial charge in [0, 0.05) is 25.6 Å². The first kappa shape index (κ1) is 42.9. The minimum Gasteiger partial charge on any atom is -0.407 e. The van der Waals surface area contributed by atoms with Gasteiger partial charge in [-0.3, -0.25) is 4.79 Å². The highest BCUT2D eigenvalue weighted by Gasteiger charge is 2.50. The van der Waals surface area contributed by atoms with Crippen molar-refractivity contribution in [3.8, 4) is 11.8 Å². The van der Waals surface area contributed by atoms with Gasteiger partial charge in [-0.15, -0.1) is 0 Å².